The lowest BCUT2D eigenvalue weighted by Crippen LogP contribution is -2.39. The van der Waals surface area contributed by atoms with Crippen LogP contribution in [0.4, 0.5) is 0 Å². The topological polar surface area (TPSA) is 56.5 Å². The fraction of sp³-hybridized carbons (Fsp3) is 0.750. The molecule has 0 aliphatic heterocycles. The predicted molar refractivity (Wildman–Crippen MR) is 69.7 cm³/mol. The number of methoxy groups -OCH3 is 2. The molecule has 18 heavy (non-hydrogen) atoms. The molecule has 0 aromatic carbocycles. The number of aliphatic hydroxyl groups is 1. The van der Waals surface area contributed by atoms with Crippen molar-refractivity contribution in [2.45, 2.75) is 26.0 Å². The number of ether oxygens (including phenoxy) is 2. The summed E-state index contributed by atoms with van der Waals surface area (Å²) < 4.78 is 11.8. The van der Waals surface area contributed by atoms with Crippen LogP contribution in [0.1, 0.15) is 19.5 Å². The second kappa shape index (κ2) is 6.52. The van der Waals surface area contributed by atoms with E-state index in [0.29, 0.717) is 23.9 Å². The normalized spacial score (nSPS) is 15.1. The maximum atomic E-state index is 10.8. The maximum absolute atomic E-state index is 10.8. The smallest absolute Gasteiger partial charge is 0.133 e. The lowest BCUT2D eigenvalue weighted by atomic mass is 9.87. The Kier molecular flexibility index (Phi) is 5.59. The van der Waals surface area contributed by atoms with E-state index in [0.717, 1.165) is 0 Å². The fourth-order valence-electron chi connectivity index (χ4n) is 1.87. The number of hydrogen-bond acceptors (Lipinski definition) is 4. The van der Waals surface area contributed by atoms with Crippen molar-refractivity contribution in [1.29, 1.82) is 0 Å². The first-order valence-electron chi connectivity index (χ1n) is 5.89. The Morgan fingerprint density at radius 2 is 2.11 bits per heavy atom. The van der Waals surface area contributed by atoms with Crippen LogP contribution >= 0.6 is 11.6 Å². The summed E-state index contributed by atoms with van der Waals surface area (Å²) in [5.41, 5.74) is -0.575. The summed E-state index contributed by atoms with van der Waals surface area (Å²) in [6, 6.07) is 0. The van der Waals surface area contributed by atoms with E-state index < -0.39 is 5.60 Å². The maximum Gasteiger partial charge on any atom is 0.133 e. The lowest BCUT2D eigenvalue weighted by Gasteiger charge is -2.32. The third-order valence-corrected chi connectivity index (χ3v) is 3.31. The Balaban J connectivity index is 3.14. The lowest BCUT2D eigenvalue weighted by molar-refractivity contribution is -0.0763. The van der Waals surface area contributed by atoms with Crippen molar-refractivity contribution in [3.8, 4) is 0 Å². The van der Waals surface area contributed by atoms with Crippen LogP contribution in [0, 0.1) is 5.92 Å². The van der Waals surface area contributed by atoms with Crippen LogP contribution in [0.15, 0.2) is 6.20 Å². The molecule has 0 bridgehead atoms. The minimum Gasteiger partial charge on any atom is -0.383 e. The van der Waals surface area contributed by atoms with E-state index >= 15 is 0 Å². The summed E-state index contributed by atoms with van der Waals surface area (Å²) in [5, 5.41) is 15.4. The third-order valence-electron chi connectivity index (χ3n) is 3.03. The molecule has 1 heterocycles. The number of aromatic nitrogens is 2. The standard InChI is InChI=1S/C12H21ClN2O3/c1-9(2)12(16,8-18-4)11-10(13)7-14-15(11)5-6-17-3/h7,9,16H,5-6,8H2,1-4H3. The highest BCUT2D eigenvalue weighted by molar-refractivity contribution is 6.31. The van der Waals surface area contributed by atoms with Crippen molar-refractivity contribution in [1.82, 2.24) is 9.78 Å². The van der Waals surface area contributed by atoms with E-state index in [1.54, 1.807) is 18.9 Å². The molecule has 1 N–H and O–H groups in total. The van der Waals surface area contributed by atoms with Crippen molar-refractivity contribution in [2.75, 3.05) is 27.4 Å². The Labute approximate surface area is 113 Å². The Bertz CT molecular complexity index is 381. The first-order chi connectivity index (χ1) is 8.47. The van der Waals surface area contributed by atoms with Crippen molar-refractivity contribution in [2.24, 2.45) is 5.92 Å². The van der Waals surface area contributed by atoms with Crippen molar-refractivity contribution >= 4 is 11.6 Å². The van der Waals surface area contributed by atoms with Crippen LogP contribution in [-0.2, 0) is 21.6 Å². The molecule has 6 heteroatoms. The second-order valence-electron chi connectivity index (χ2n) is 4.57. The molecule has 0 saturated carbocycles. The first-order valence-corrected chi connectivity index (χ1v) is 6.27. The van der Waals surface area contributed by atoms with E-state index in [4.69, 9.17) is 21.1 Å². The molecule has 0 aliphatic rings. The van der Waals surface area contributed by atoms with Gasteiger partial charge in [-0.1, -0.05) is 25.4 Å². The summed E-state index contributed by atoms with van der Waals surface area (Å²) in [4.78, 5) is 0. The predicted octanol–water partition coefficient (Wildman–Crippen LogP) is 1.67. The van der Waals surface area contributed by atoms with Gasteiger partial charge in [-0.05, 0) is 5.92 Å². The Hall–Kier alpha value is -0.620. The molecule has 0 fully saturated rings. The van der Waals surface area contributed by atoms with E-state index in [1.165, 1.54) is 6.20 Å². The molecule has 5 nitrogen and oxygen atoms in total. The van der Waals surface area contributed by atoms with Gasteiger partial charge in [0.05, 0.1) is 36.7 Å². The van der Waals surface area contributed by atoms with Gasteiger partial charge in [-0.3, -0.25) is 4.68 Å². The van der Waals surface area contributed by atoms with Crippen LogP contribution in [0.25, 0.3) is 0 Å². The molecule has 0 saturated heterocycles. The zero-order valence-electron chi connectivity index (χ0n) is 11.3. The third kappa shape index (κ3) is 3.03. The summed E-state index contributed by atoms with van der Waals surface area (Å²) in [6.45, 7) is 5.05. The number of halogens is 1. The summed E-state index contributed by atoms with van der Waals surface area (Å²) in [6.07, 6.45) is 1.54. The van der Waals surface area contributed by atoms with Gasteiger partial charge in [0.25, 0.3) is 0 Å². The summed E-state index contributed by atoms with van der Waals surface area (Å²) in [5.74, 6) is -0.0482. The minimum atomic E-state index is -1.16. The molecule has 1 unspecified atom stereocenters. The monoisotopic (exact) mass is 276 g/mol. The van der Waals surface area contributed by atoms with Gasteiger partial charge in [-0.2, -0.15) is 5.10 Å². The molecule has 0 radical (unpaired) electrons. The average molecular weight is 277 g/mol. The largest absolute Gasteiger partial charge is 0.383 e. The Morgan fingerprint density at radius 1 is 1.44 bits per heavy atom. The second-order valence-corrected chi connectivity index (χ2v) is 4.98. The molecule has 0 aliphatic carbocycles. The van der Waals surface area contributed by atoms with Crippen LogP contribution in [0.3, 0.4) is 0 Å². The van der Waals surface area contributed by atoms with Crippen LogP contribution in [0.5, 0.6) is 0 Å². The van der Waals surface area contributed by atoms with Gasteiger partial charge in [0, 0.05) is 14.2 Å². The van der Waals surface area contributed by atoms with Gasteiger partial charge < -0.3 is 14.6 Å². The zero-order chi connectivity index (χ0) is 13.8. The molecule has 0 amide bonds. The van der Waals surface area contributed by atoms with Gasteiger partial charge >= 0.3 is 0 Å². The minimum absolute atomic E-state index is 0.0482. The SMILES string of the molecule is COCCn1ncc(Cl)c1C(O)(COC)C(C)C. The van der Waals surface area contributed by atoms with Crippen molar-refractivity contribution in [3.05, 3.63) is 16.9 Å². The number of hydrogen-bond donors (Lipinski definition) is 1. The molecule has 0 spiro atoms. The highest BCUT2D eigenvalue weighted by Crippen LogP contribution is 2.34. The van der Waals surface area contributed by atoms with Crippen molar-refractivity contribution in [3.63, 3.8) is 0 Å². The molecular weight excluding hydrogens is 256 g/mol. The quantitative estimate of drug-likeness (QED) is 0.823. The van der Waals surface area contributed by atoms with Gasteiger partial charge in [-0.25, -0.2) is 0 Å². The van der Waals surface area contributed by atoms with E-state index in [9.17, 15) is 5.11 Å². The molecule has 1 atom stereocenters. The number of nitrogens with zero attached hydrogens (tertiary/aromatic N) is 2. The van der Waals surface area contributed by atoms with Gasteiger partial charge in [0.15, 0.2) is 0 Å². The van der Waals surface area contributed by atoms with Crippen LogP contribution in [0.2, 0.25) is 5.02 Å². The van der Waals surface area contributed by atoms with E-state index in [2.05, 4.69) is 5.10 Å². The van der Waals surface area contributed by atoms with Gasteiger partial charge in [0.2, 0.25) is 0 Å². The van der Waals surface area contributed by atoms with Crippen LogP contribution < -0.4 is 0 Å². The van der Waals surface area contributed by atoms with Gasteiger partial charge in [0.1, 0.15) is 5.60 Å². The van der Waals surface area contributed by atoms with Crippen molar-refractivity contribution < 1.29 is 14.6 Å². The molecule has 1 aromatic rings. The zero-order valence-corrected chi connectivity index (χ0v) is 12.1. The van der Waals surface area contributed by atoms with E-state index in [-0.39, 0.29) is 12.5 Å². The fourth-order valence-corrected chi connectivity index (χ4v) is 2.17. The summed E-state index contributed by atoms with van der Waals surface area (Å²) >= 11 is 6.15. The van der Waals surface area contributed by atoms with Crippen LogP contribution in [-0.4, -0.2) is 42.3 Å². The van der Waals surface area contributed by atoms with E-state index in [1.807, 2.05) is 13.8 Å². The Morgan fingerprint density at radius 3 is 2.61 bits per heavy atom. The van der Waals surface area contributed by atoms with Gasteiger partial charge in [-0.15, -0.1) is 0 Å². The molecular formula is C12H21ClN2O3. The summed E-state index contributed by atoms with van der Waals surface area (Å²) in [7, 11) is 3.17. The molecule has 1 rings (SSSR count). The molecule has 104 valence electrons. The average Bonchev–Trinajstić information content (AvgIpc) is 2.68. The highest BCUT2D eigenvalue weighted by Gasteiger charge is 2.38. The highest BCUT2D eigenvalue weighted by atomic mass is 35.5. The number of rotatable bonds is 7. The first kappa shape index (κ1) is 15.4. The molecule has 1 aromatic heterocycles.